The van der Waals surface area contributed by atoms with Crippen LogP contribution in [-0.2, 0) is 0 Å². The summed E-state index contributed by atoms with van der Waals surface area (Å²) in [5.41, 5.74) is 3.22. The van der Waals surface area contributed by atoms with E-state index in [9.17, 15) is 9.59 Å². The van der Waals surface area contributed by atoms with Crippen LogP contribution in [-0.4, -0.2) is 32.5 Å². The highest BCUT2D eigenvalue weighted by Crippen LogP contribution is 2.32. The first kappa shape index (κ1) is 18.8. The number of hydrogen-bond donors (Lipinski definition) is 1. The van der Waals surface area contributed by atoms with Crippen LogP contribution in [0.4, 0.5) is 0 Å². The molecule has 1 N–H and O–H groups in total. The summed E-state index contributed by atoms with van der Waals surface area (Å²) in [6.45, 7) is 3.22. The molecular weight excluding hydrogens is 396 g/mol. The lowest BCUT2D eigenvalue weighted by Crippen LogP contribution is -2.22. The lowest BCUT2D eigenvalue weighted by Gasteiger charge is -2.05. The van der Waals surface area contributed by atoms with Crippen molar-refractivity contribution < 1.29 is 13.9 Å². The zero-order valence-electron chi connectivity index (χ0n) is 17.1. The van der Waals surface area contributed by atoms with Crippen LogP contribution in [0.3, 0.4) is 0 Å². The molecule has 0 aliphatic rings. The summed E-state index contributed by atoms with van der Waals surface area (Å²) in [5.74, 6) is 0.167. The largest absolute Gasteiger partial charge is 0.494 e. The zero-order valence-corrected chi connectivity index (χ0v) is 17.1. The number of carbonyl (C=O) groups is 1. The number of para-hydroxylation sites is 1. The van der Waals surface area contributed by atoms with Gasteiger partial charge in [-0.25, -0.2) is 14.5 Å². The number of aromatic nitrogens is 4. The van der Waals surface area contributed by atoms with Gasteiger partial charge >= 0.3 is 0 Å². The van der Waals surface area contributed by atoms with E-state index in [1.165, 1.54) is 18.5 Å². The molecule has 5 aromatic rings. The molecule has 3 aromatic heterocycles. The fourth-order valence-electron chi connectivity index (χ4n) is 3.78. The van der Waals surface area contributed by atoms with Crippen LogP contribution in [0.5, 0.6) is 5.75 Å². The van der Waals surface area contributed by atoms with Crippen molar-refractivity contribution in [3.8, 4) is 28.3 Å². The van der Waals surface area contributed by atoms with E-state index < -0.39 is 5.56 Å². The summed E-state index contributed by atoms with van der Waals surface area (Å²) in [4.78, 5) is 35.0. The number of ketones is 1. The molecule has 8 heteroatoms. The van der Waals surface area contributed by atoms with Gasteiger partial charge in [-0.05, 0) is 24.6 Å². The second kappa shape index (κ2) is 6.94. The second-order valence-corrected chi connectivity index (χ2v) is 7.16. The van der Waals surface area contributed by atoms with Crippen LogP contribution in [0, 0.1) is 6.92 Å². The molecule has 0 unspecified atom stereocenters. The highest BCUT2D eigenvalue weighted by Gasteiger charge is 2.26. The predicted octanol–water partition coefficient (Wildman–Crippen LogP) is 4.02. The fourth-order valence-corrected chi connectivity index (χ4v) is 3.78. The van der Waals surface area contributed by atoms with Crippen molar-refractivity contribution >= 4 is 22.5 Å². The minimum atomic E-state index is -0.467. The number of ether oxygens (including phenoxy) is 1. The Hall–Kier alpha value is -4.20. The van der Waals surface area contributed by atoms with Crippen LogP contribution in [0.15, 0.2) is 57.7 Å². The monoisotopic (exact) mass is 414 g/mol. The molecule has 0 amide bonds. The number of nitrogens with one attached hydrogen (secondary N) is 1. The number of fused-ring (bicyclic) bond motifs is 2. The number of methoxy groups -OCH3 is 1. The standard InChI is InChI=1S/C23H18N4O4/c1-12-17(14-8-5-4-6-9-14)21-24-19(13(2)28)18(23(29)27(21)26-12)22-25-20-15(30-3)10-7-11-16(20)31-22/h4-11,26H,1-3H3. The van der Waals surface area contributed by atoms with Gasteiger partial charge in [0.15, 0.2) is 22.5 Å². The molecule has 0 saturated carbocycles. The second-order valence-electron chi connectivity index (χ2n) is 7.16. The van der Waals surface area contributed by atoms with Crippen molar-refractivity contribution in [3.63, 3.8) is 0 Å². The summed E-state index contributed by atoms with van der Waals surface area (Å²) in [6.07, 6.45) is 0. The van der Waals surface area contributed by atoms with Crippen molar-refractivity contribution in [2.45, 2.75) is 13.8 Å². The number of oxazole rings is 1. The Morgan fingerprint density at radius 3 is 2.55 bits per heavy atom. The van der Waals surface area contributed by atoms with Gasteiger partial charge in [0.1, 0.15) is 17.0 Å². The first-order chi connectivity index (χ1) is 15.0. The predicted molar refractivity (Wildman–Crippen MR) is 116 cm³/mol. The summed E-state index contributed by atoms with van der Waals surface area (Å²) < 4.78 is 12.5. The number of hydrogen-bond acceptors (Lipinski definition) is 6. The Morgan fingerprint density at radius 1 is 1.06 bits per heavy atom. The van der Waals surface area contributed by atoms with Crippen molar-refractivity contribution in [1.29, 1.82) is 0 Å². The number of aryl methyl sites for hydroxylation is 1. The van der Waals surface area contributed by atoms with Gasteiger partial charge in [0, 0.05) is 18.2 Å². The van der Waals surface area contributed by atoms with Gasteiger partial charge < -0.3 is 9.15 Å². The fraction of sp³-hybridized carbons (Fsp3) is 0.130. The van der Waals surface area contributed by atoms with Crippen molar-refractivity contribution in [2.24, 2.45) is 0 Å². The van der Waals surface area contributed by atoms with Gasteiger partial charge in [-0.15, -0.1) is 0 Å². The van der Waals surface area contributed by atoms with E-state index in [4.69, 9.17) is 9.15 Å². The maximum atomic E-state index is 13.5. The van der Waals surface area contributed by atoms with E-state index >= 15 is 0 Å². The van der Waals surface area contributed by atoms with Crippen LogP contribution < -0.4 is 10.3 Å². The molecule has 0 atom stereocenters. The maximum absolute atomic E-state index is 13.5. The normalized spacial score (nSPS) is 11.3. The number of aromatic amines is 1. The quantitative estimate of drug-likeness (QED) is 0.446. The smallest absolute Gasteiger partial charge is 0.286 e. The molecule has 3 heterocycles. The number of benzene rings is 2. The van der Waals surface area contributed by atoms with Crippen LogP contribution >= 0.6 is 0 Å². The van der Waals surface area contributed by atoms with Crippen LogP contribution in [0.2, 0.25) is 0 Å². The molecule has 0 saturated heterocycles. The summed E-state index contributed by atoms with van der Waals surface area (Å²) in [6, 6.07) is 14.8. The van der Waals surface area contributed by atoms with Crippen LogP contribution in [0.1, 0.15) is 23.1 Å². The molecule has 0 aliphatic heterocycles. The maximum Gasteiger partial charge on any atom is 0.286 e. The van der Waals surface area contributed by atoms with Crippen molar-refractivity contribution in [2.75, 3.05) is 7.11 Å². The molecular formula is C23H18N4O4. The summed E-state index contributed by atoms with van der Waals surface area (Å²) in [7, 11) is 1.53. The number of H-pyrrole nitrogens is 1. The number of Topliss-reactive ketones (excluding diaryl/α,β-unsaturated/α-hetero) is 1. The molecule has 154 valence electrons. The average Bonchev–Trinajstić information content (AvgIpc) is 3.34. The highest BCUT2D eigenvalue weighted by atomic mass is 16.5. The molecule has 0 fully saturated rings. The Balaban J connectivity index is 1.84. The molecule has 0 bridgehead atoms. The Kier molecular flexibility index (Phi) is 4.21. The lowest BCUT2D eigenvalue weighted by atomic mass is 10.1. The number of carbonyl (C=O) groups excluding carboxylic acids is 1. The molecule has 0 spiro atoms. The van der Waals surface area contributed by atoms with Crippen LogP contribution in [0.25, 0.3) is 39.3 Å². The third-order valence-corrected chi connectivity index (χ3v) is 5.17. The first-order valence-corrected chi connectivity index (χ1v) is 9.65. The van der Waals surface area contributed by atoms with E-state index in [0.717, 1.165) is 16.8 Å². The molecule has 5 rings (SSSR count). The minimum absolute atomic E-state index is 0.00381. The van der Waals surface area contributed by atoms with Gasteiger partial charge in [-0.3, -0.25) is 14.7 Å². The van der Waals surface area contributed by atoms with Crippen molar-refractivity contribution in [1.82, 2.24) is 19.6 Å². The molecule has 2 aromatic carbocycles. The van der Waals surface area contributed by atoms with E-state index in [1.807, 2.05) is 37.3 Å². The third kappa shape index (κ3) is 2.83. The Bertz CT molecular complexity index is 1530. The van der Waals surface area contributed by atoms with E-state index in [0.29, 0.717) is 22.5 Å². The van der Waals surface area contributed by atoms with Gasteiger partial charge in [0.25, 0.3) is 5.56 Å². The SMILES string of the molecule is COc1cccc2oc(-c3c(C(C)=O)nc4c(-c5ccccc5)c(C)[nH]n4c3=O)nc12. The molecule has 0 aliphatic carbocycles. The van der Waals surface area contributed by atoms with E-state index in [2.05, 4.69) is 15.1 Å². The molecule has 8 nitrogen and oxygen atoms in total. The molecule has 31 heavy (non-hydrogen) atoms. The van der Waals surface area contributed by atoms with Gasteiger partial charge in [-0.2, -0.15) is 0 Å². The molecule has 0 radical (unpaired) electrons. The first-order valence-electron chi connectivity index (χ1n) is 9.65. The number of nitrogens with zero attached hydrogens (tertiary/aromatic N) is 3. The summed E-state index contributed by atoms with van der Waals surface area (Å²) >= 11 is 0. The topological polar surface area (TPSA) is 102 Å². The number of rotatable bonds is 4. The zero-order chi connectivity index (χ0) is 21.7. The Morgan fingerprint density at radius 2 is 1.84 bits per heavy atom. The van der Waals surface area contributed by atoms with Gasteiger partial charge in [0.05, 0.1) is 7.11 Å². The Labute approximate surface area is 176 Å². The van der Waals surface area contributed by atoms with Crippen molar-refractivity contribution in [3.05, 3.63) is 70.3 Å². The summed E-state index contributed by atoms with van der Waals surface area (Å²) in [5, 5.41) is 3.06. The minimum Gasteiger partial charge on any atom is -0.494 e. The van der Waals surface area contributed by atoms with Gasteiger partial charge in [0.2, 0.25) is 5.89 Å². The lowest BCUT2D eigenvalue weighted by molar-refractivity contribution is 0.101. The van der Waals surface area contributed by atoms with Gasteiger partial charge in [-0.1, -0.05) is 36.4 Å². The van der Waals surface area contributed by atoms with E-state index in [1.54, 1.807) is 18.2 Å². The van der Waals surface area contributed by atoms with E-state index in [-0.39, 0.29) is 22.9 Å². The average molecular weight is 414 g/mol. The third-order valence-electron chi connectivity index (χ3n) is 5.17. The highest BCUT2D eigenvalue weighted by molar-refractivity contribution is 5.99.